The Kier molecular flexibility index (Phi) is 2.09. The molecule has 1 fully saturated rings. The van der Waals surface area contributed by atoms with Gasteiger partial charge in [0.25, 0.3) is 0 Å². The molecule has 1 heterocycles. The molecule has 1 aromatic rings. The Morgan fingerprint density at radius 3 is 2.53 bits per heavy atom. The summed E-state index contributed by atoms with van der Waals surface area (Å²) in [5.41, 5.74) is -0.770. The van der Waals surface area contributed by atoms with Crippen LogP contribution in [0.4, 0.5) is 13.2 Å². The van der Waals surface area contributed by atoms with E-state index in [2.05, 4.69) is 5.10 Å². The maximum absolute atomic E-state index is 12.3. The quantitative estimate of drug-likeness (QED) is 0.724. The second-order valence-electron chi connectivity index (χ2n) is 3.69. The van der Waals surface area contributed by atoms with Crippen molar-refractivity contribution >= 4 is 5.91 Å². The highest BCUT2D eigenvalue weighted by Gasteiger charge is 2.37. The molecule has 82 valence electrons. The predicted molar refractivity (Wildman–Crippen MR) is 45.3 cm³/mol. The molecule has 15 heavy (non-hydrogen) atoms. The van der Waals surface area contributed by atoms with Crippen LogP contribution in [0.15, 0.2) is 6.07 Å². The number of hydrogen-bond donors (Lipinski definition) is 0. The number of aryl methyl sites for hydroxylation is 1. The summed E-state index contributed by atoms with van der Waals surface area (Å²) in [5, 5.41) is 3.28. The van der Waals surface area contributed by atoms with Crippen LogP contribution < -0.4 is 0 Å². The fourth-order valence-electron chi connectivity index (χ4n) is 1.34. The van der Waals surface area contributed by atoms with Crippen molar-refractivity contribution in [1.29, 1.82) is 0 Å². The summed E-state index contributed by atoms with van der Waals surface area (Å²) in [7, 11) is 0. The highest BCUT2D eigenvalue weighted by molar-refractivity contribution is 5.83. The van der Waals surface area contributed by atoms with Gasteiger partial charge in [-0.15, -0.1) is 0 Å². The molecule has 0 N–H and O–H groups in total. The maximum Gasteiger partial charge on any atom is 0.435 e. The number of carbonyl (C=O) groups excluding carboxylic acids is 1. The number of hydrogen-bond acceptors (Lipinski definition) is 2. The minimum absolute atomic E-state index is 0.135. The molecule has 0 saturated heterocycles. The second-order valence-corrected chi connectivity index (χ2v) is 3.69. The zero-order valence-corrected chi connectivity index (χ0v) is 8.01. The average molecular weight is 218 g/mol. The van der Waals surface area contributed by atoms with Crippen LogP contribution in [0.3, 0.4) is 0 Å². The Morgan fingerprint density at radius 2 is 2.13 bits per heavy atom. The van der Waals surface area contributed by atoms with E-state index in [0.29, 0.717) is 0 Å². The van der Waals surface area contributed by atoms with Gasteiger partial charge in [-0.2, -0.15) is 18.3 Å². The molecule has 2 rings (SSSR count). The van der Waals surface area contributed by atoms with E-state index in [1.807, 2.05) is 0 Å². The largest absolute Gasteiger partial charge is 0.435 e. The van der Waals surface area contributed by atoms with E-state index in [4.69, 9.17) is 0 Å². The van der Waals surface area contributed by atoms with Gasteiger partial charge < -0.3 is 0 Å². The fraction of sp³-hybridized carbons (Fsp3) is 0.556. The smallest absolute Gasteiger partial charge is 0.272 e. The third kappa shape index (κ3) is 1.88. The van der Waals surface area contributed by atoms with Crippen molar-refractivity contribution in [3.63, 3.8) is 0 Å². The zero-order valence-electron chi connectivity index (χ0n) is 8.01. The summed E-state index contributed by atoms with van der Waals surface area (Å²) in [6.45, 7) is 1.45. The summed E-state index contributed by atoms with van der Waals surface area (Å²) in [5.74, 6) is -0.465. The molecule has 0 bridgehead atoms. The minimum Gasteiger partial charge on any atom is -0.272 e. The Morgan fingerprint density at radius 1 is 1.53 bits per heavy atom. The minimum atomic E-state index is -4.49. The molecular formula is C9H9F3N2O. The SMILES string of the molecule is Cc1cc(C(F)(F)F)nn1C(=O)C1CC1. The van der Waals surface area contributed by atoms with E-state index < -0.39 is 11.9 Å². The molecule has 0 spiro atoms. The molecule has 1 saturated carbocycles. The monoisotopic (exact) mass is 218 g/mol. The van der Waals surface area contributed by atoms with Gasteiger partial charge in [0, 0.05) is 11.6 Å². The van der Waals surface area contributed by atoms with Crippen LogP contribution in [0.5, 0.6) is 0 Å². The number of aromatic nitrogens is 2. The molecule has 0 aromatic carbocycles. The van der Waals surface area contributed by atoms with Crippen LogP contribution >= 0.6 is 0 Å². The zero-order chi connectivity index (χ0) is 11.2. The van der Waals surface area contributed by atoms with Gasteiger partial charge in [0.15, 0.2) is 5.69 Å². The lowest BCUT2D eigenvalue weighted by Crippen LogP contribution is -2.17. The molecule has 1 aliphatic rings. The van der Waals surface area contributed by atoms with Gasteiger partial charge in [-0.1, -0.05) is 0 Å². The molecule has 0 atom stereocenters. The number of nitrogens with zero attached hydrogens (tertiary/aromatic N) is 2. The summed E-state index contributed by atoms with van der Waals surface area (Å²) in [4.78, 5) is 11.5. The first-order valence-electron chi connectivity index (χ1n) is 4.57. The van der Waals surface area contributed by atoms with Crippen molar-refractivity contribution in [3.8, 4) is 0 Å². The van der Waals surface area contributed by atoms with Crippen LogP contribution in [0.1, 0.15) is 29.0 Å². The van der Waals surface area contributed by atoms with Crippen LogP contribution in [-0.4, -0.2) is 15.7 Å². The van der Waals surface area contributed by atoms with Crippen LogP contribution in [0.25, 0.3) is 0 Å². The standard InChI is InChI=1S/C9H9F3N2O/c1-5-4-7(9(10,11)12)13-14(5)8(15)6-2-3-6/h4,6H,2-3H2,1H3. The van der Waals surface area contributed by atoms with E-state index in [0.717, 1.165) is 23.6 Å². The topological polar surface area (TPSA) is 34.9 Å². The normalized spacial score (nSPS) is 16.8. The summed E-state index contributed by atoms with van der Waals surface area (Å²) < 4.78 is 37.7. The van der Waals surface area contributed by atoms with Crippen molar-refractivity contribution in [2.45, 2.75) is 25.9 Å². The average Bonchev–Trinajstić information content (AvgIpc) is 2.87. The van der Waals surface area contributed by atoms with E-state index in [1.165, 1.54) is 6.92 Å². The highest BCUT2D eigenvalue weighted by atomic mass is 19.4. The van der Waals surface area contributed by atoms with Crippen molar-refractivity contribution in [2.24, 2.45) is 5.92 Å². The Balaban J connectivity index is 2.32. The third-order valence-electron chi connectivity index (χ3n) is 2.31. The number of halogens is 3. The van der Waals surface area contributed by atoms with E-state index in [9.17, 15) is 18.0 Å². The lowest BCUT2D eigenvalue weighted by atomic mass is 10.3. The van der Waals surface area contributed by atoms with Crippen LogP contribution in [0, 0.1) is 12.8 Å². The van der Waals surface area contributed by atoms with Gasteiger partial charge in [0.2, 0.25) is 5.91 Å². The molecule has 1 aromatic heterocycles. The molecule has 0 amide bonds. The second kappa shape index (κ2) is 3.08. The number of rotatable bonds is 1. The molecule has 6 heteroatoms. The Labute approximate surface area is 83.9 Å². The fourth-order valence-corrected chi connectivity index (χ4v) is 1.34. The van der Waals surface area contributed by atoms with E-state index in [-0.39, 0.29) is 17.5 Å². The van der Waals surface area contributed by atoms with E-state index >= 15 is 0 Å². The molecule has 0 radical (unpaired) electrons. The maximum atomic E-state index is 12.3. The van der Waals surface area contributed by atoms with Gasteiger partial charge in [0.1, 0.15) is 0 Å². The van der Waals surface area contributed by atoms with Crippen LogP contribution in [0.2, 0.25) is 0 Å². The predicted octanol–water partition coefficient (Wildman–Crippen LogP) is 2.26. The lowest BCUT2D eigenvalue weighted by molar-refractivity contribution is -0.141. The Hall–Kier alpha value is -1.33. The first-order chi connectivity index (χ1) is 6.89. The molecule has 3 nitrogen and oxygen atoms in total. The van der Waals surface area contributed by atoms with Gasteiger partial charge in [-0.3, -0.25) is 4.79 Å². The molecular weight excluding hydrogens is 209 g/mol. The molecule has 0 aliphatic heterocycles. The number of carbonyl (C=O) groups is 1. The van der Waals surface area contributed by atoms with Gasteiger partial charge in [-0.25, -0.2) is 4.68 Å². The van der Waals surface area contributed by atoms with Crippen molar-refractivity contribution in [3.05, 3.63) is 17.5 Å². The Bertz CT molecular complexity index is 404. The van der Waals surface area contributed by atoms with Crippen molar-refractivity contribution < 1.29 is 18.0 Å². The summed E-state index contributed by atoms with van der Waals surface area (Å²) in [6, 6.07) is 0.889. The summed E-state index contributed by atoms with van der Waals surface area (Å²) >= 11 is 0. The first-order valence-corrected chi connectivity index (χ1v) is 4.57. The molecule has 1 aliphatic carbocycles. The van der Waals surface area contributed by atoms with Gasteiger partial charge in [-0.05, 0) is 25.8 Å². The summed E-state index contributed by atoms with van der Waals surface area (Å²) in [6.07, 6.45) is -2.99. The third-order valence-corrected chi connectivity index (χ3v) is 2.31. The van der Waals surface area contributed by atoms with Crippen molar-refractivity contribution in [2.75, 3.05) is 0 Å². The van der Waals surface area contributed by atoms with E-state index in [1.54, 1.807) is 0 Å². The lowest BCUT2D eigenvalue weighted by Gasteiger charge is -2.01. The van der Waals surface area contributed by atoms with Crippen molar-refractivity contribution in [1.82, 2.24) is 9.78 Å². The number of alkyl halides is 3. The van der Waals surface area contributed by atoms with Gasteiger partial charge in [0.05, 0.1) is 0 Å². The van der Waals surface area contributed by atoms with Gasteiger partial charge >= 0.3 is 6.18 Å². The van der Waals surface area contributed by atoms with Crippen LogP contribution in [-0.2, 0) is 6.18 Å². The molecule has 0 unspecified atom stereocenters. The first kappa shape index (κ1) is 10.2. The highest BCUT2D eigenvalue weighted by Crippen LogP contribution is 2.32.